The summed E-state index contributed by atoms with van der Waals surface area (Å²) in [5.41, 5.74) is 3.92. The summed E-state index contributed by atoms with van der Waals surface area (Å²) in [6.45, 7) is 13.6. The van der Waals surface area contributed by atoms with Crippen LogP contribution in [0.5, 0.6) is 0 Å². The van der Waals surface area contributed by atoms with Crippen LogP contribution < -0.4 is 39.0 Å². The van der Waals surface area contributed by atoms with Gasteiger partial charge in [-0.15, -0.1) is 0 Å². The molecule has 2 nitrogen and oxygen atoms in total. The third kappa shape index (κ3) is 6.07. The van der Waals surface area contributed by atoms with E-state index in [2.05, 4.69) is 92.2 Å². The molecule has 32 heavy (non-hydrogen) atoms. The number of hydrogen-bond acceptors (Lipinski definition) is 1. The zero-order valence-electron chi connectivity index (χ0n) is 20.1. The van der Waals surface area contributed by atoms with Gasteiger partial charge in [-0.3, -0.25) is 0 Å². The second-order valence-electron chi connectivity index (χ2n) is 9.44. The molecule has 0 aliphatic heterocycles. The fourth-order valence-electron chi connectivity index (χ4n) is 4.22. The van der Waals surface area contributed by atoms with Crippen LogP contribution in [0.3, 0.4) is 0 Å². The maximum Gasteiger partial charge on any atom is -1.00 e. The van der Waals surface area contributed by atoms with E-state index < -0.39 is 29.5 Å². The minimum absolute atomic E-state index is 0. The maximum absolute atomic E-state index is 13.3. The van der Waals surface area contributed by atoms with Crippen molar-refractivity contribution in [1.82, 2.24) is 3.80 Å². The molecule has 1 N–H and O–H groups in total. The second kappa shape index (κ2) is 11.9. The van der Waals surface area contributed by atoms with Crippen LogP contribution in [0, 0.1) is 11.3 Å². The summed E-state index contributed by atoms with van der Waals surface area (Å²) < 4.78 is 5.26. The monoisotopic (exact) mass is 522 g/mol. The molecule has 0 radical (unpaired) electrons. The normalized spacial score (nSPS) is 15.9. The van der Waals surface area contributed by atoms with Crippen LogP contribution in [0.25, 0.3) is 0 Å². The molecular weight excluding hydrogens is 489 g/mol. The third-order valence-electron chi connectivity index (χ3n) is 6.41. The molecule has 1 aliphatic rings. The summed E-state index contributed by atoms with van der Waals surface area (Å²) in [5, 5.41) is 2.87. The molecule has 0 bridgehead atoms. The molecule has 2 aromatic rings. The molecule has 0 heterocycles. The molecule has 1 unspecified atom stereocenters. The van der Waals surface area contributed by atoms with Gasteiger partial charge in [0.2, 0.25) is 0 Å². The van der Waals surface area contributed by atoms with Gasteiger partial charge in [-0.1, -0.05) is 0 Å². The van der Waals surface area contributed by atoms with E-state index in [0.717, 1.165) is 0 Å². The van der Waals surface area contributed by atoms with Crippen molar-refractivity contribution < 1.29 is 47.0 Å². The maximum atomic E-state index is 13.3. The molecule has 0 fully saturated rings. The summed E-state index contributed by atoms with van der Waals surface area (Å²) in [6.07, 6.45) is 0. The summed E-state index contributed by atoms with van der Waals surface area (Å²) in [7, 11) is 0. The van der Waals surface area contributed by atoms with Crippen molar-refractivity contribution in [2.24, 2.45) is 11.3 Å². The number of rotatable bonds is 5. The van der Waals surface area contributed by atoms with Crippen LogP contribution in [-0.4, -0.2) is 12.6 Å². The number of allylic oxidation sites excluding steroid dienone is 4. The number of amides is 1. The van der Waals surface area contributed by atoms with Gasteiger partial charge in [-0.25, -0.2) is 0 Å². The quantitative estimate of drug-likeness (QED) is 0.475. The van der Waals surface area contributed by atoms with E-state index >= 15 is 0 Å². The number of halogens is 2. The molecule has 1 amide bonds. The molecule has 1 atom stereocenters. The smallest absolute Gasteiger partial charge is 1.00 e. The predicted octanol–water partition coefficient (Wildman–Crippen LogP) is -1.51. The van der Waals surface area contributed by atoms with Gasteiger partial charge in [-0.2, -0.15) is 0 Å². The Labute approximate surface area is 213 Å². The van der Waals surface area contributed by atoms with Crippen molar-refractivity contribution in [2.75, 3.05) is 0 Å². The van der Waals surface area contributed by atoms with Gasteiger partial charge in [0.25, 0.3) is 0 Å². The van der Waals surface area contributed by atoms with Gasteiger partial charge < -0.3 is 24.8 Å². The fraction of sp³-hybridized carbons (Fsp3) is 0.346. The Balaban J connectivity index is 0.00000256. The fourth-order valence-corrected chi connectivity index (χ4v) is 19.6. The molecule has 0 aromatic heterocycles. The molecule has 6 heteroatoms. The van der Waals surface area contributed by atoms with E-state index in [1.54, 1.807) is 3.88 Å². The largest absolute Gasteiger partial charge is 1.00 e. The first-order valence-electron chi connectivity index (χ1n) is 10.8. The number of hydrogen-bond donors (Lipinski definition) is 1. The van der Waals surface area contributed by atoms with E-state index in [1.807, 2.05) is 20.8 Å². The Bertz CT molecular complexity index is 944. The van der Waals surface area contributed by atoms with Crippen molar-refractivity contribution in [1.29, 1.82) is 0 Å². The van der Waals surface area contributed by atoms with Gasteiger partial charge in [0.15, 0.2) is 0 Å². The van der Waals surface area contributed by atoms with Crippen LogP contribution in [0.2, 0.25) is 0 Å². The third-order valence-corrected chi connectivity index (χ3v) is 19.7. The number of carbonyl (C=O) groups is 1. The SMILES string of the molecule is CC1=C(C)C(C)[C]([Ti+2]([NH]C(=O)C(C)(C)C)[SiH](c2ccccc2)c2ccccc2)=C1C.[Cl-].[Cl-]. The first-order chi connectivity index (χ1) is 14.1. The molecule has 3 rings (SSSR count). The molecular formula is C26H34Cl2NOSiTi. The van der Waals surface area contributed by atoms with Gasteiger partial charge in [0.1, 0.15) is 0 Å². The Morgan fingerprint density at radius 2 is 1.28 bits per heavy atom. The molecule has 2 aromatic carbocycles. The van der Waals surface area contributed by atoms with Crippen LogP contribution in [-0.2, 0) is 22.2 Å². The van der Waals surface area contributed by atoms with E-state index in [1.165, 1.54) is 27.1 Å². The van der Waals surface area contributed by atoms with Crippen molar-refractivity contribution in [3.8, 4) is 0 Å². The van der Waals surface area contributed by atoms with E-state index in [-0.39, 0.29) is 30.7 Å². The van der Waals surface area contributed by atoms with Crippen LogP contribution in [0.1, 0.15) is 48.5 Å². The first-order valence-corrected chi connectivity index (χ1v) is 16.8. The number of benzene rings is 2. The molecule has 0 saturated carbocycles. The van der Waals surface area contributed by atoms with Crippen molar-refractivity contribution >= 4 is 22.9 Å². The topological polar surface area (TPSA) is 29.1 Å². The van der Waals surface area contributed by atoms with Crippen LogP contribution in [0.4, 0.5) is 0 Å². The Morgan fingerprint density at radius 3 is 1.62 bits per heavy atom. The summed E-state index contributed by atoms with van der Waals surface area (Å²) in [6, 6.07) is 21.9. The standard InChI is InChI=1S/C12H11Si.C9H13.C5H11NO.2ClH.Ti/c1-3-7-11(8-4-1)13-12-9-5-2-6-10-12;1-6-5-7(2)9(4)8(6)3;1-5(2,3)4(6)7;;;/h1-10,13H;6H,1-4H3;1-3H3,(H2,6,7);2*1H;/q;;;;;+3/p-3. The van der Waals surface area contributed by atoms with Crippen molar-refractivity contribution in [2.45, 2.75) is 48.5 Å². The molecule has 0 spiro atoms. The average Bonchev–Trinajstić information content (AvgIpc) is 2.91. The van der Waals surface area contributed by atoms with Gasteiger partial charge in [0.05, 0.1) is 0 Å². The minimum atomic E-state index is -2.20. The van der Waals surface area contributed by atoms with E-state index in [0.29, 0.717) is 5.92 Å². The minimum Gasteiger partial charge on any atom is -1.00 e. The summed E-state index contributed by atoms with van der Waals surface area (Å²) >= 11 is -2.20. The Morgan fingerprint density at radius 1 is 0.844 bits per heavy atom. The molecule has 171 valence electrons. The number of nitrogens with one attached hydrogen (secondary N) is 1. The van der Waals surface area contributed by atoms with Gasteiger partial charge in [0, 0.05) is 0 Å². The second-order valence-corrected chi connectivity index (χ2v) is 19.2. The zero-order valence-corrected chi connectivity index (χ0v) is 24.3. The van der Waals surface area contributed by atoms with E-state index in [4.69, 9.17) is 0 Å². The summed E-state index contributed by atoms with van der Waals surface area (Å²) in [4.78, 5) is 13.3. The first kappa shape index (κ1) is 28.9. The van der Waals surface area contributed by atoms with Crippen LogP contribution >= 0.6 is 0 Å². The zero-order chi connectivity index (χ0) is 22.1. The molecule has 1 aliphatic carbocycles. The summed E-state index contributed by atoms with van der Waals surface area (Å²) in [5.74, 6) is 0.610. The Hall–Kier alpha value is -1.10. The molecule has 0 saturated heterocycles. The van der Waals surface area contributed by atoms with Gasteiger partial charge >= 0.3 is 190 Å². The average molecular weight is 523 g/mol. The predicted molar refractivity (Wildman–Crippen MR) is 127 cm³/mol. The van der Waals surface area contributed by atoms with E-state index in [9.17, 15) is 4.79 Å². The van der Waals surface area contributed by atoms with Crippen LogP contribution in [0.15, 0.2) is 81.3 Å². The van der Waals surface area contributed by atoms with Crippen molar-refractivity contribution in [3.05, 3.63) is 81.3 Å². The van der Waals surface area contributed by atoms with Gasteiger partial charge in [-0.05, 0) is 0 Å². The Kier molecular flexibility index (Phi) is 10.7. The van der Waals surface area contributed by atoms with Crippen molar-refractivity contribution in [3.63, 3.8) is 0 Å². The number of carbonyl (C=O) groups excluding carboxylic acids is 1.